The van der Waals surface area contributed by atoms with Gasteiger partial charge >= 0.3 is 0 Å². The molecule has 0 aromatic heterocycles. The fourth-order valence-corrected chi connectivity index (χ4v) is 1.68. The fourth-order valence-electron chi connectivity index (χ4n) is 1.68. The van der Waals surface area contributed by atoms with Gasteiger partial charge in [-0.3, -0.25) is 4.79 Å². The van der Waals surface area contributed by atoms with E-state index in [1.807, 2.05) is 4.90 Å². The Bertz CT molecular complexity index is 186. The molecule has 2 rings (SSSR count). The summed E-state index contributed by atoms with van der Waals surface area (Å²) in [4.78, 5) is 13.6. The van der Waals surface area contributed by atoms with Crippen LogP contribution in [0.5, 0.6) is 0 Å². The second kappa shape index (κ2) is 4.07. The van der Waals surface area contributed by atoms with Crippen LogP contribution in [0.2, 0.25) is 0 Å². The summed E-state index contributed by atoms with van der Waals surface area (Å²) in [5.74, 6) is 0.880. The highest BCUT2D eigenvalue weighted by Crippen LogP contribution is 2.11. The second-order valence-corrected chi connectivity index (χ2v) is 3.72. The Morgan fingerprint density at radius 1 is 1.38 bits per heavy atom. The van der Waals surface area contributed by atoms with Crippen LogP contribution in [0.15, 0.2) is 0 Å². The van der Waals surface area contributed by atoms with Crippen molar-refractivity contribution in [2.24, 2.45) is 5.92 Å². The van der Waals surface area contributed by atoms with Gasteiger partial charge in [-0.2, -0.15) is 0 Å². The molecule has 74 valence electrons. The number of nitrogens with one attached hydrogen (secondary N) is 1. The van der Waals surface area contributed by atoms with Gasteiger partial charge in [-0.05, 0) is 19.0 Å². The molecule has 0 saturated carbocycles. The molecule has 0 bridgehead atoms. The first-order valence-corrected chi connectivity index (χ1v) is 4.92. The number of ether oxygens (including phenoxy) is 1. The minimum Gasteiger partial charge on any atom is -0.378 e. The van der Waals surface area contributed by atoms with E-state index in [0.717, 1.165) is 26.2 Å². The number of carbonyl (C=O) groups excluding carboxylic acids is 1. The van der Waals surface area contributed by atoms with Crippen LogP contribution >= 0.6 is 0 Å². The Balaban J connectivity index is 1.74. The molecule has 4 heteroatoms. The third kappa shape index (κ3) is 2.19. The Morgan fingerprint density at radius 2 is 2.08 bits per heavy atom. The van der Waals surface area contributed by atoms with Crippen molar-refractivity contribution in [1.29, 1.82) is 0 Å². The van der Waals surface area contributed by atoms with Gasteiger partial charge < -0.3 is 15.0 Å². The van der Waals surface area contributed by atoms with E-state index in [4.69, 9.17) is 4.74 Å². The summed E-state index contributed by atoms with van der Waals surface area (Å²) in [6, 6.07) is 0. The zero-order valence-corrected chi connectivity index (χ0v) is 7.79. The van der Waals surface area contributed by atoms with Crippen LogP contribution in [0.4, 0.5) is 0 Å². The first-order chi connectivity index (χ1) is 6.36. The maximum Gasteiger partial charge on any atom is 0.223 e. The van der Waals surface area contributed by atoms with Crippen LogP contribution in [-0.2, 0) is 9.53 Å². The molecule has 0 radical (unpaired) electrons. The molecule has 0 unspecified atom stereocenters. The maximum atomic E-state index is 11.6. The minimum absolute atomic E-state index is 0.301. The average Bonchev–Trinajstić information content (AvgIpc) is 2.12. The van der Waals surface area contributed by atoms with E-state index in [9.17, 15) is 4.79 Å². The van der Waals surface area contributed by atoms with E-state index in [-0.39, 0.29) is 0 Å². The molecule has 0 aromatic rings. The van der Waals surface area contributed by atoms with Crippen molar-refractivity contribution in [3.63, 3.8) is 0 Å². The largest absolute Gasteiger partial charge is 0.378 e. The molecular formula is C9H16N2O2. The Labute approximate surface area is 78.2 Å². The lowest BCUT2D eigenvalue weighted by Gasteiger charge is -2.31. The van der Waals surface area contributed by atoms with Gasteiger partial charge in [0.25, 0.3) is 0 Å². The summed E-state index contributed by atoms with van der Waals surface area (Å²) >= 11 is 0. The van der Waals surface area contributed by atoms with Crippen molar-refractivity contribution >= 4 is 5.91 Å². The Morgan fingerprint density at radius 3 is 2.62 bits per heavy atom. The summed E-state index contributed by atoms with van der Waals surface area (Å²) < 4.78 is 5.19. The van der Waals surface area contributed by atoms with Gasteiger partial charge in [0.1, 0.15) is 0 Å². The third-order valence-electron chi connectivity index (χ3n) is 2.69. The zero-order valence-electron chi connectivity index (χ0n) is 7.79. The van der Waals surface area contributed by atoms with Crippen molar-refractivity contribution in [2.75, 3.05) is 39.4 Å². The lowest BCUT2D eigenvalue weighted by atomic mass is 9.98. The highest BCUT2D eigenvalue weighted by atomic mass is 16.5. The van der Waals surface area contributed by atoms with Crippen molar-refractivity contribution in [3.8, 4) is 0 Å². The molecule has 2 aliphatic heterocycles. The molecule has 0 spiro atoms. The van der Waals surface area contributed by atoms with Gasteiger partial charge in [0.2, 0.25) is 5.91 Å². The van der Waals surface area contributed by atoms with Crippen LogP contribution in [0, 0.1) is 5.92 Å². The van der Waals surface area contributed by atoms with Gasteiger partial charge in [-0.25, -0.2) is 0 Å². The molecule has 1 N–H and O–H groups in total. The topological polar surface area (TPSA) is 41.6 Å². The highest BCUT2D eigenvalue weighted by Gasteiger charge is 2.24. The quantitative estimate of drug-likeness (QED) is 0.626. The molecular weight excluding hydrogens is 168 g/mol. The number of hydrogen-bond acceptors (Lipinski definition) is 3. The first kappa shape index (κ1) is 8.97. The molecule has 2 heterocycles. The van der Waals surface area contributed by atoms with Gasteiger partial charge in [0.15, 0.2) is 0 Å². The summed E-state index contributed by atoms with van der Waals surface area (Å²) in [5.41, 5.74) is 0. The predicted molar refractivity (Wildman–Crippen MR) is 48.4 cm³/mol. The smallest absolute Gasteiger partial charge is 0.223 e. The SMILES string of the molecule is O=C(CC1CNC1)N1CCOCC1. The van der Waals surface area contributed by atoms with Gasteiger partial charge in [0, 0.05) is 19.5 Å². The Kier molecular flexibility index (Phi) is 2.80. The molecule has 2 fully saturated rings. The normalized spacial score (nSPS) is 24.2. The van der Waals surface area contributed by atoms with Crippen LogP contribution in [0.25, 0.3) is 0 Å². The monoisotopic (exact) mass is 184 g/mol. The number of amides is 1. The molecule has 2 saturated heterocycles. The standard InChI is InChI=1S/C9H16N2O2/c12-9(5-8-6-10-7-8)11-1-3-13-4-2-11/h8,10H,1-7H2. The molecule has 0 atom stereocenters. The molecule has 4 nitrogen and oxygen atoms in total. The van der Waals surface area contributed by atoms with E-state index >= 15 is 0 Å². The number of rotatable bonds is 2. The van der Waals surface area contributed by atoms with Gasteiger partial charge in [0.05, 0.1) is 13.2 Å². The predicted octanol–water partition coefficient (Wildman–Crippen LogP) is -0.545. The van der Waals surface area contributed by atoms with E-state index in [2.05, 4.69) is 5.32 Å². The van der Waals surface area contributed by atoms with E-state index < -0.39 is 0 Å². The summed E-state index contributed by atoms with van der Waals surface area (Å²) in [6.45, 7) is 4.98. The van der Waals surface area contributed by atoms with Crippen LogP contribution in [-0.4, -0.2) is 50.2 Å². The maximum absolute atomic E-state index is 11.6. The minimum atomic E-state index is 0.301. The average molecular weight is 184 g/mol. The number of morpholine rings is 1. The van der Waals surface area contributed by atoms with E-state index in [1.54, 1.807) is 0 Å². The van der Waals surface area contributed by atoms with Crippen molar-refractivity contribution in [2.45, 2.75) is 6.42 Å². The number of carbonyl (C=O) groups is 1. The van der Waals surface area contributed by atoms with Crippen molar-refractivity contribution < 1.29 is 9.53 Å². The summed E-state index contributed by atoms with van der Waals surface area (Å²) in [5, 5.41) is 3.17. The molecule has 1 amide bonds. The fraction of sp³-hybridized carbons (Fsp3) is 0.889. The molecule has 13 heavy (non-hydrogen) atoms. The lowest BCUT2D eigenvalue weighted by molar-refractivity contribution is -0.136. The van der Waals surface area contributed by atoms with Gasteiger partial charge in [-0.15, -0.1) is 0 Å². The number of hydrogen-bond donors (Lipinski definition) is 1. The van der Waals surface area contributed by atoms with Gasteiger partial charge in [-0.1, -0.05) is 0 Å². The van der Waals surface area contributed by atoms with Crippen LogP contribution in [0.1, 0.15) is 6.42 Å². The lowest BCUT2D eigenvalue weighted by Crippen LogP contribution is -2.47. The highest BCUT2D eigenvalue weighted by molar-refractivity contribution is 5.76. The first-order valence-electron chi connectivity index (χ1n) is 4.92. The Hall–Kier alpha value is -0.610. The van der Waals surface area contributed by atoms with E-state index in [1.165, 1.54) is 0 Å². The summed E-state index contributed by atoms with van der Waals surface area (Å²) in [7, 11) is 0. The molecule has 2 aliphatic rings. The zero-order chi connectivity index (χ0) is 9.10. The van der Waals surface area contributed by atoms with Crippen LogP contribution in [0.3, 0.4) is 0 Å². The molecule has 0 aliphatic carbocycles. The third-order valence-corrected chi connectivity index (χ3v) is 2.69. The van der Waals surface area contributed by atoms with Crippen LogP contribution < -0.4 is 5.32 Å². The summed E-state index contributed by atoms with van der Waals surface area (Å²) in [6.07, 6.45) is 0.715. The van der Waals surface area contributed by atoms with Crippen molar-refractivity contribution in [3.05, 3.63) is 0 Å². The molecule has 0 aromatic carbocycles. The second-order valence-electron chi connectivity index (χ2n) is 3.72. The van der Waals surface area contributed by atoms with E-state index in [0.29, 0.717) is 31.5 Å². The number of nitrogens with zero attached hydrogens (tertiary/aromatic N) is 1. The van der Waals surface area contributed by atoms with Crippen molar-refractivity contribution in [1.82, 2.24) is 10.2 Å².